The van der Waals surface area contributed by atoms with E-state index in [0.29, 0.717) is 0 Å². The summed E-state index contributed by atoms with van der Waals surface area (Å²) in [6.45, 7) is 6.39. The first-order chi connectivity index (χ1) is 8.06. The highest BCUT2D eigenvalue weighted by molar-refractivity contribution is 9.10. The van der Waals surface area contributed by atoms with Crippen LogP contribution in [0.3, 0.4) is 0 Å². The van der Waals surface area contributed by atoms with Gasteiger partial charge in [0.25, 0.3) is 5.91 Å². The van der Waals surface area contributed by atoms with Crippen molar-refractivity contribution in [3.05, 3.63) is 46.5 Å². The minimum absolute atomic E-state index is 0.0767. The van der Waals surface area contributed by atoms with Crippen LogP contribution in [0.25, 0.3) is 0 Å². The number of nitrogens with zero attached hydrogens (tertiary/aromatic N) is 1. The third kappa shape index (κ3) is 4.00. The van der Waals surface area contributed by atoms with E-state index in [-0.39, 0.29) is 5.91 Å². The van der Waals surface area contributed by atoms with Crippen LogP contribution in [0.2, 0.25) is 0 Å². The molecule has 1 aromatic rings. The zero-order chi connectivity index (χ0) is 12.8. The average molecular weight is 296 g/mol. The number of halogens is 1. The normalized spacial score (nSPS) is 10.1. The predicted octanol–water partition coefficient (Wildman–Crippen LogP) is 3.80. The van der Waals surface area contributed by atoms with Gasteiger partial charge >= 0.3 is 0 Å². The summed E-state index contributed by atoms with van der Waals surface area (Å²) in [7, 11) is 1.84. The fourth-order valence-corrected chi connectivity index (χ4v) is 1.97. The summed E-state index contributed by atoms with van der Waals surface area (Å²) >= 11 is 3.39. The fraction of sp³-hybridized carbons (Fsp3) is 0.357. The number of carbonyl (C=O) groups is 1. The Morgan fingerprint density at radius 2 is 2.24 bits per heavy atom. The molecule has 1 amide bonds. The molecule has 0 N–H and O–H groups in total. The molecule has 0 aliphatic carbocycles. The van der Waals surface area contributed by atoms with Gasteiger partial charge in [-0.25, -0.2) is 0 Å². The zero-order valence-corrected chi connectivity index (χ0v) is 12.0. The molecule has 17 heavy (non-hydrogen) atoms. The second-order valence-electron chi connectivity index (χ2n) is 4.12. The van der Waals surface area contributed by atoms with E-state index in [1.165, 1.54) is 0 Å². The molecule has 0 heterocycles. The average Bonchev–Trinajstić information content (AvgIpc) is 2.31. The Kier molecular flexibility index (Phi) is 5.42. The summed E-state index contributed by atoms with van der Waals surface area (Å²) in [6, 6.07) is 5.78. The van der Waals surface area contributed by atoms with Gasteiger partial charge in [0.2, 0.25) is 0 Å². The zero-order valence-electron chi connectivity index (χ0n) is 10.4. The summed E-state index contributed by atoms with van der Waals surface area (Å²) in [4.78, 5) is 14.0. The molecule has 0 aromatic heterocycles. The standard InChI is InChI=1S/C14H18BrNO/c1-4-5-6-9-16(3)14(17)13-10-12(15)8-7-11(13)2/h4,7-8,10H,1,5-6,9H2,2-3H3. The lowest BCUT2D eigenvalue weighted by molar-refractivity contribution is 0.0793. The van der Waals surface area contributed by atoms with Gasteiger partial charge in [0.05, 0.1) is 0 Å². The van der Waals surface area contributed by atoms with E-state index in [4.69, 9.17) is 0 Å². The van der Waals surface area contributed by atoms with Gasteiger partial charge in [0.1, 0.15) is 0 Å². The van der Waals surface area contributed by atoms with Crippen LogP contribution >= 0.6 is 15.9 Å². The highest BCUT2D eigenvalue weighted by Gasteiger charge is 2.13. The summed E-state index contributed by atoms with van der Waals surface area (Å²) in [5.74, 6) is 0.0767. The van der Waals surface area contributed by atoms with Gasteiger partial charge in [-0.1, -0.05) is 28.1 Å². The topological polar surface area (TPSA) is 20.3 Å². The van der Waals surface area contributed by atoms with Crippen molar-refractivity contribution in [2.75, 3.05) is 13.6 Å². The van der Waals surface area contributed by atoms with E-state index in [2.05, 4.69) is 22.5 Å². The second kappa shape index (κ2) is 6.60. The number of unbranched alkanes of at least 4 members (excludes halogenated alkanes) is 1. The number of rotatable bonds is 5. The minimum atomic E-state index is 0.0767. The molecule has 92 valence electrons. The predicted molar refractivity (Wildman–Crippen MR) is 75.3 cm³/mol. The maximum atomic E-state index is 12.2. The molecule has 0 fully saturated rings. The maximum absolute atomic E-state index is 12.2. The summed E-state index contributed by atoms with van der Waals surface area (Å²) in [5, 5.41) is 0. The van der Waals surface area contributed by atoms with E-state index in [1.54, 1.807) is 4.90 Å². The quantitative estimate of drug-likeness (QED) is 0.598. The largest absolute Gasteiger partial charge is 0.342 e. The first-order valence-electron chi connectivity index (χ1n) is 5.68. The number of benzene rings is 1. The minimum Gasteiger partial charge on any atom is -0.342 e. The van der Waals surface area contributed by atoms with Gasteiger partial charge in [-0.3, -0.25) is 4.79 Å². The maximum Gasteiger partial charge on any atom is 0.253 e. The van der Waals surface area contributed by atoms with Crippen molar-refractivity contribution in [3.63, 3.8) is 0 Å². The number of allylic oxidation sites excluding steroid dienone is 1. The van der Waals surface area contributed by atoms with Crippen molar-refractivity contribution < 1.29 is 4.79 Å². The van der Waals surface area contributed by atoms with Gasteiger partial charge in [-0.15, -0.1) is 6.58 Å². The SMILES string of the molecule is C=CCCCN(C)C(=O)c1cc(Br)ccc1C. The van der Waals surface area contributed by atoms with Crippen LogP contribution in [0.15, 0.2) is 35.3 Å². The molecular weight excluding hydrogens is 278 g/mol. The van der Waals surface area contributed by atoms with Crippen molar-refractivity contribution in [1.82, 2.24) is 4.90 Å². The molecular formula is C14H18BrNO. The number of aryl methyl sites for hydroxylation is 1. The lowest BCUT2D eigenvalue weighted by atomic mass is 10.1. The summed E-state index contributed by atoms with van der Waals surface area (Å²) in [6.07, 6.45) is 3.77. The Labute approximate surface area is 111 Å². The van der Waals surface area contributed by atoms with Gasteiger partial charge in [0.15, 0.2) is 0 Å². The molecule has 1 rings (SSSR count). The van der Waals surface area contributed by atoms with Crippen LogP contribution in [0.1, 0.15) is 28.8 Å². The molecule has 0 bridgehead atoms. The van der Waals surface area contributed by atoms with E-state index < -0.39 is 0 Å². The summed E-state index contributed by atoms with van der Waals surface area (Å²) < 4.78 is 0.936. The summed E-state index contributed by atoms with van der Waals surface area (Å²) in [5.41, 5.74) is 1.77. The lowest BCUT2D eigenvalue weighted by Crippen LogP contribution is -2.28. The smallest absolute Gasteiger partial charge is 0.253 e. The second-order valence-corrected chi connectivity index (χ2v) is 5.03. The number of hydrogen-bond donors (Lipinski definition) is 0. The highest BCUT2D eigenvalue weighted by atomic mass is 79.9. The van der Waals surface area contributed by atoms with Crippen LogP contribution in [-0.4, -0.2) is 24.4 Å². The molecule has 0 saturated heterocycles. The van der Waals surface area contributed by atoms with Crippen molar-refractivity contribution in [2.24, 2.45) is 0 Å². The Morgan fingerprint density at radius 3 is 2.88 bits per heavy atom. The van der Waals surface area contributed by atoms with Gasteiger partial charge in [-0.05, 0) is 37.5 Å². The van der Waals surface area contributed by atoms with Crippen LogP contribution in [0.5, 0.6) is 0 Å². The van der Waals surface area contributed by atoms with E-state index >= 15 is 0 Å². The number of hydrogen-bond acceptors (Lipinski definition) is 1. The van der Waals surface area contributed by atoms with Crippen LogP contribution in [-0.2, 0) is 0 Å². The molecule has 0 aliphatic heterocycles. The van der Waals surface area contributed by atoms with Gasteiger partial charge < -0.3 is 4.90 Å². The Morgan fingerprint density at radius 1 is 1.53 bits per heavy atom. The third-order valence-electron chi connectivity index (χ3n) is 2.68. The highest BCUT2D eigenvalue weighted by Crippen LogP contribution is 2.17. The van der Waals surface area contributed by atoms with E-state index in [9.17, 15) is 4.79 Å². The molecule has 0 saturated carbocycles. The van der Waals surface area contributed by atoms with E-state index in [1.807, 2.05) is 38.2 Å². The molecule has 0 unspecified atom stereocenters. The molecule has 1 aromatic carbocycles. The van der Waals surface area contributed by atoms with Crippen molar-refractivity contribution in [2.45, 2.75) is 19.8 Å². The Bertz CT molecular complexity index is 415. The van der Waals surface area contributed by atoms with E-state index in [0.717, 1.165) is 35.0 Å². The first kappa shape index (κ1) is 14.0. The molecule has 0 spiro atoms. The van der Waals surface area contributed by atoms with Gasteiger partial charge in [-0.2, -0.15) is 0 Å². The van der Waals surface area contributed by atoms with Crippen LogP contribution < -0.4 is 0 Å². The molecule has 0 radical (unpaired) electrons. The van der Waals surface area contributed by atoms with Gasteiger partial charge in [0, 0.05) is 23.6 Å². The molecule has 0 aliphatic rings. The van der Waals surface area contributed by atoms with Crippen molar-refractivity contribution in [1.29, 1.82) is 0 Å². The third-order valence-corrected chi connectivity index (χ3v) is 3.17. The Hall–Kier alpha value is -1.09. The van der Waals surface area contributed by atoms with Crippen LogP contribution in [0.4, 0.5) is 0 Å². The first-order valence-corrected chi connectivity index (χ1v) is 6.48. The number of amides is 1. The Balaban J connectivity index is 2.74. The lowest BCUT2D eigenvalue weighted by Gasteiger charge is -2.18. The molecule has 2 nitrogen and oxygen atoms in total. The van der Waals surface area contributed by atoms with Crippen molar-refractivity contribution in [3.8, 4) is 0 Å². The molecule has 3 heteroatoms. The fourth-order valence-electron chi connectivity index (χ4n) is 1.60. The van der Waals surface area contributed by atoms with Crippen LogP contribution in [0, 0.1) is 6.92 Å². The number of carbonyl (C=O) groups excluding carboxylic acids is 1. The monoisotopic (exact) mass is 295 g/mol. The molecule has 0 atom stereocenters. The van der Waals surface area contributed by atoms with Crippen molar-refractivity contribution >= 4 is 21.8 Å².